The lowest BCUT2D eigenvalue weighted by Crippen LogP contribution is -2.27. The molecule has 0 fully saturated rings. The van der Waals surface area contributed by atoms with E-state index in [0.29, 0.717) is 50.7 Å². The molecule has 66 heavy (non-hydrogen) atoms. The fourth-order valence-electron chi connectivity index (χ4n) is 7.20. The van der Waals surface area contributed by atoms with Crippen molar-refractivity contribution in [3.05, 3.63) is 47.6 Å². The Labute approximate surface area is 405 Å². The van der Waals surface area contributed by atoms with Gasteiger partial charge in [-0.25, -0.2) is 4.79 Å². The van der Waals surface area contributed by atoms with Gasteiger partial charge in [0.2, 0.25) is 0 Å². The van der Waals surface area contributed by atoms with Crippen molar-refractivity contribution in [2.24, 2.45) is 17.8 Å². The van der Waals surface area contributed by atoms with Gasteiger partial charge >= 0.3 is 18.1 Å². The minimum Gasteiger partial charge on any atom is -0.465 e. The van der Waals surface area contributed by atoms with Crippen molar-refractivity contribution in [2.75, 3.05) is 59.3 Å². The van der Waals surface area contributed by atoms with Gasteiger partial charge in [0.05, 0.1) is 12.5 Å². The van der Waals surface area contributed by atoms with E-state index in [1.807, 2.05) is 0 Å². The van der Waals surface area contributed by atoms with Crippen molar-refractivity contribution < 1.29 is 42.8 Å². The molecule has 3 atom stereocenters. The van der Waals surface area contributed by atoms with Crippen LogP contribution in [-0.2, 0) is 38.0 Å². The first-order valence-electron chi connectivity index (χ1n) is 26.5. The molecule has 0 aromatic rings. The second-order valence-electron chi connectivity index (χ2n) is 18.9. The SMILES string of the molecule is CCCCC/C=C\C/C=C\CCCCCCCC(=O)OCC(COC(=O)CCCCC(OCCC(C)CCC=C(C)C)OCCC(C)CCC=C(C)C)COC(=O)OCCCN(CC)CC. The second kappa shape index (κ2) is 45.8. The Kier molecular flexibility index (Phi) is 43.8. The van der Waals surface area contributed by atoms with Gasteiger partial charge in [0.15, 0.2) is 6.29 Å². The summed E-state index contributed by atoms with van der Waals surface area (Å²) in [6.45, 7) is 23.7. The summed E-state index contributed by atoms with van der Waals surface area (Å²) in [5.41, 5.74) is 2.71. The smallest absolute Gasteiger partial charge is 0.465 e. The number of hydrogen-bond donors (Lipinski definition) is 0. The molecular formula is C56H101NO9. The molecule has 0 saturated heterocycles. The summed E-state index contributed by atoms with van der Waals surface area (Å²) >= 11 is 0. The lowest BCUT2D eigenvalue weighted by atomic mass is 10.0. The predicted octanol–water partition coefficient (Wildman–Crippen LogP) is 14.9. The molecule has 0 heterocycles. The minimum atomic E-state index is -0.780. The first-order valence-corrected chi connectivity index (χ1v) is 26.5. The summed E-state index contributed by atoms with van der Waals surface area (Å²) in [5.74, 6) is -0.0263. The zero-order chi connectivity index (χ0) is 48.9. The van der Waals surface area contributed by atoms with Gasteiger partial charge in [0.25, 0.3) is 0 Å². The van der Waals surface area contributed by atoms with Gasteiger partial charge in [-0.3, -0.25) is 9.59 Å². The van der Waals surface area contributed by atoms with Crippen LogP contribution in [0.15, 0.2) is 47.6 Å². The summed E-state index contributed by atoms with van der Waals surface area (Å²) < 4.78 is 34.5. The lowest BCUT2D eigenvalue weighted by molar-refractivity contribution is -0.153. The summed E-state index contributed by atoms with van der Waals surface area (Å²) in [6.07, 6.45) is 34.5. The summed E-state index contributed by atoms with van der Waals surface area (Å²) in [4.78, 5) is 40.3. The third-order valence-electron chi connectivity index (χ3n) is 11.8. The van der Waals surface area contributed by atoms with Crippen LogP contribution >= 0.6 is 0 Å². The quantitative estimate of drug-likeness (QED) is 0.0192. The number of unbranched alkanes of at least 4 members (excludes halogenated alkanes) is 9. The van der Waals surface area contributed by atoms with E-state index in [1.165, 1.54) is 36.8 Å². The highest BCUT2D eigenvalue weighted by molar-refractivity contribution is 5.69. The van der Waals surface area contributed by atoms with Crippen LogP contribution in [0.4, 0.5) is 4.79 Å². The normalized spacial score (nSPS) is 13.4. The van der Waals surface area contributed by atoms with E-state index in [0.717, 1.165) is 110 Å². The third kappa shape index (κ3) is 43.6. The van der Waals surface area contributed by atoms with Gasteiger partial charge in [-0.2, -0.15) is 0 Å². The van der Waals surface area contributed by atoms with Gasteiger partial charge in [-0.15, -0.1) is 0 Å². The Morgan fingerprint density at radius 2 is 1.00 bits per heavy atom. The number of hydrogen-bond acceptors (Lipinski definition) is 10. The maximum absolute atomic E-state index is 12.9. The molecule has 0 rings (SSSR count). The van der Waals surface area contributed by atoms with Gasteiger partial charge in [0.1, 0.15) is 19.8 Å². The van der Waals surface area contributed by atoms with Crippen LogP contribution in [0.3, 0.4) is 0 Å². The molecule has 0 aliphatic carbocycles. The number of carbonyl (C=O) groups excluding carboxylic acids is 3. The molecule has 0 aromatic carbocycles. The Morgan fingerprint density at radius 3 is 1.53 bits per heavy atom. The first-order chi connectivity index (χ1) is 31.9. The van der Waals surface area contributed by atoms with E-state index < -0.39 is 12.1 Å². The fraction of sp³-hybridized carbons (Fsp3) is 0.804. The second-order valence-corrected chi connectivity index (χ2v) is 18.9. The zero-order valence-corrected chi connectivity index (χ0v) is 44.0. The van der Waals surface area contributed by atoms with Gasteiger partial charge < -0.3 is 33.3 Å². The minimum absolute atomic E-state index is 0.0148. The number of carbonyl (C=O) groups is 3. The van der Waals surface area contributed by atoms with Crippen LogP contribution in [0, 0.1) is 17.8 Å². The standard InChI is InChI=1S/C56H101NO9/c1-10-13-14-15-16-17-18-19-20-21-22-23-24-25-26-36-53(58)64-45-52(47-66-56(60)63-42-31-41-57(11-2)12-3)46-65-54(59)37-27-28-38-55(61-43-39-50(8)34-29-32-48(4)5)62-44-40-51(9)35-30-33-49(6)7/h16-17,19-20,32-33,50-52,55H,10-15,18,21-31,34-47H2,1-9H3/b17-16-,20-19-. The van der Waals surface area contributed by atoms with Crippen LogP contribution in [0.1, 0.15) is 210 Å². The van der Waals surface area contributed by atoms with E-state index in [9.17, 15) is 14.4 Å². The molecule has 0 radical (unpaired) electrons. The Morgan fingerprint density at radius 1 is 0.500 bits per heavy atom. The molecule has 0 aliphatic rings. The van der Waals surface area contributed by atoms with E-state index in [2.05, 4.69) is 104 Å². The fourth-order valence-corrected chi connectivity index (χ4v) is 7.20. The Bertz CT molecular complexity index is 1250. The summed E-state index contributed by atoms with van der Waals surface area (Å²) in [7, 11) is 0. The zero-order valence-electron chi connectivity index (χ0n) is 44.0. The number of nitrogens with zero attached hydrogens (tertiary/aromatic N) is 1. The van der Waals surface area contributed by atoms with E-state index in [4.69, 9.17) is 28.4 Å². The van der Waals surface area contributed by atoms with E-state index in [1.54, 1.807) is 0 Å². The molecule has 384 valence electrons. The van der Waals surface area contributed by atoms with Crippen molar-refractivity contribution in [1.29, 1.82) is 0 Å². The third-order valence-corrected chi connectivity index (χ3v) is 11.8. The average Bonchev–Trinajstić information content (AvgIpc) is 3.28. The molecule has 0 aliphatic heterocycles. The maximum atomic E-state index is 12.9. The van der Waals surface area contributed by atoms with Crippen molar-refractivity contribution in [3.8, 4) is 0 Å². The molecule has 10 heteroatoms. The molecule has 3 unspecified atom stereocenters. The largest absolute Gasteiger partial charge is 0.508 e. The molecular weight excluding hydrogens is 831 g/mol. The first kappa shape index (κ1) is 63.0. The number of rotatable bonds is 45. The monoisotopic (exact) mass is 932 g/mol. The van der Waals surface area contributed by atoms with Gasteiger partial charge in [0, 0.05) is 32.6 Å². The molecule has 0 aromatic heterocycles. The molecule has 0 bridgehead atoms. The molecule has 0 spiro atoms. The topological polar surface area (TPSA) is 110 Å². The van der Waals surface area contributed by atoms with Crippen molar-refractivity contribution in [2.45, 2.75) is 216 Å². The highest BCUT2D eigenvalue weighted by Crippen LogP contribution is 2.18. The number of ether oxygens (including phenoxy) is 6. The highest BCUT2D eigenvalue weighted by atomic mass is 16.7. The number of allylic oxidation sites excluding steroid dienone is 8. The lowest BCUT2D eigenvalue weighted by Gasteiger charge is -2.21. The Balaban J connectivity index is 4.95. The van der Waals surface area contributed by atoms with Crippen LogP contribution in [0.5, 0.6) is 0 Å². The number of esters is 2. The Hall–Kier alpha value is -2.95. The maximum Gasteiger partial charge on any atom is 0.508 e. The molecule has 0 saturated carbocycles. The highest BCUT2D eigenvalue weighted by Gasteiger charge is 2.19. The van der Waals surface area contributed by atoms with Crippen molar-refractivity contribution in [3.63, 3.8) is 0 Å². The van der Waals surface area contributed by atoms with Crippen LogP contribution in [0.25, 0.3) is 0 Å². The average molecular weight is 932 g/mol. The molecule has 10 nitrogen and oxygen atoms in total. The molecule has 0 N–H and O–H groups in total. The van der Waals surface area contributed by atoms with Crippen LogP contribution < -0.4 is 0 Å². The van der Waals surface area contributed by atoms with Crippen LogP contribution in [0.2, 0.25) is 0 Å². The van der Waals surface area contributed by atoms with Gasteiger partial charge in [-0.05, 0) is 155 Å². The molecule has 0 amide bonds. The van der Waals surface area contributed by atoms with Crippen molar-refractivity contribution >= 4 is 18.1 Å². The van der Waals surface area contributed by atoms with Crippen molar-refractivity contribution in [1.82, 2.24) is 4.90 Å². The van der Waals surface area contributed by atoms with E-state index >= 15 is 0 Å². The summed E-state index contributed by atoms with van der Waals surface area (Å²) in [6, 6.07) is 0. The van der Waals surface area contributed by atoms with Gasteiger partial charge in [-0.1, -0.05) is 114 Å². The summed E-state index contributed by atoms with van der Waals surface area (Å²) in [5, 5.41) is 0. The van der Waals surface area contributed by atoms with E-state index in [-0.39, 0.29) is 51.1 Å². The van der Waals surface area contributed by atoms with Crippen LogP contribution in [-0.4, -0.2) is 88.6 Å². The predicted molar refractivity (Wildman–Crippen MR) is 274 cm³/mol.